The maximum Gasteiger partial charge on any atom is 0.490 e. The molecule has 0 bridgehead atoms. The zero-order chi connectivity index (χ0) is 19.7. The Labute approximate surface area is 136 Å². The Bertz CT molecular complexity index is 521. The minimum Gasteiger partial charge on any atom is -0.475 e. The number of hydrogen-bond acceptors (Lipinski definition) is 5. The number of rotatable bonds is 2. The summed E-state index contributed by atoms with van der Waals surface area (Å²) in [6.45, 7) is 1.88. The van der Waals surface area contributed by atoms with E-state index >= 15 is 0 Å². The SMILES string of the molecule is O=C(O)C(F)(F)F.O=C(O)C(F)(F)F.c1ccc(OC2CNC2)nc1. The molecule has 1 aliphatic rings. The lowest BCUT2D eigenvalue weighted by Crippen LogP contribution is -2.50. The van der Waals surface area contributed by atoms with Crippen molar-refractivity contribution in [3.8, 4) is 5.88 Å². The fraction of sp³-hybridized carbons (Fsp3) is 0.417. The molecule has 0 atom stereocenters. The van der Waals surface area contributed by atoms with E-state index in [1.54, 1.807) is 6.20 Å². The number of ether oxygens (including phenoxy) is 1. The summed E-state index contributed by atoms with van der Waals surface area (Å²) in [4.78, 5) is 21.8. The number of carboxylic acids is 2. The molecule has 13 heteroatoms. The van der Waals surface area contributed by atoms with Gasteiger partial charge < -0.3 is 20.3 Å². The Morgan fingerprint density at radius 2 is 1.48 bits per heavy atom. The van der Waals surface area contributed by atoms with Gasteiger partial charge in [-0.25, -0.2) is 14.6 Å². The number of carboxylic acid groups (broad SMARTS) is 2. The third-order valence-electron chi connectivity index (χ3n) is 2.15. The van der Waals surface area contributed by atoms with Crippen molar-refractivity contribution in [2.75, 3.05) is 13.1 Å². The molecule has 0 aliphatic carbocycles. The standard InChI is InChI=1S/C8H10N2O.2C2HF3O2/c1-2-4-10-8(3-1)11-7-5-9-6-7;2*3-2(4,5)1(6)7/h1-4,7,9H,5-6H2;2*(H,6,7). The van der Waals surface area contributed by atoms with Gasteiger partial charge in [-0.15, -0.1) is 0 Å². The highest BCUT2D eigenvalue weighted by Crippen LogP contribution is 2.13. The molecular weight excluding hydrogens is 366 g/mol. The zero-order valence-corrected chi connectivity index (χ0v) is 12.1. The van der Waals surface area contributed by atoms with E-state index in [0.717, 1.165) is 19.0 Å². The van der Waals surface area contributed by atoms with Crippen LogP contribution in [0.5, 0.6) is 5.88 Å². The first kappa shape index (κ1) is 22.4. The molecule has 0 aromatic carbocycles. The average Bonchev–Trinajstić information content (AvgIpc) is 2.43. The number of hydrogen-bond donors (Lipinski definition) is 3. The van der Waals surface area contributed by atoms with Gasteiger partial charge in [0, 0.05) is 25.4 Å². The van der Waals surface area contributed by atoms with Crippen LogP contribution in [0.1, 0.15) is 0 Å². The molecule has 2 rings (SSSR count). The molecule has 1 aliphatic heterocycles. The zero-order valence-electron chi connectivity index (χ0n) is 12.1. The molecular formula is C12H12F6N2O5. The lowest BCUT2D eigenvalue weighted by molar-refractivity contribution is -0.193. The molecule has 0 amide bonds. The van der Waals surface area contributed by atoms with Gasteiger partial charge in [0.05, 0.1) is 0 Å². The van der Waals surface area contributed by atoms with Crippen LogP contribution < -0.4 is 10.1 Å². The summed E-state index contributed by atoms with van der Waals surface area (Å²) in [5.74, 6) is -4.79. The van der Waals surface area contributed by atoms with E-state index in [4.69, 9.17) is 24.5 Å². The molecule has 3 N–H and O–H groups in total. The fourth-order valence-electron chi connectivity index (χ4n) is 0.933. The molecule has 0 spiro atoms. The molecule has 0 saturated carbocycles. The van der Waals surface area contributed by atoms with Crippen LogP contribution in [0.4, 0.5) is 26.3 Å². The molecule has 2 heterocycles. The minimum atomic E-state index is -5.08. The van der Waals surface area contributed by atoms with Gasteiger partial charge in [-0.3, -0.25) is 0 Å². The summed E-state index contributed by atoms with van der Waals surface area (Å²) in [7, 11) is 0. The number of pyridine rings is 1. The van der Waals surface area contributed by atoms with E-state index in [1.165, 1.54) is 0 Å². The highest BCUT2D eigenvalue weighted by atomic mass is 19.4. The number of aromatic nitrogens is 1. The smallest absolute Gasteiger partial charge is 0.475 e. The molecule has 0 radical (unpaired) electrons. The Morgan fingerprint density at radius 1 is 1.04 bits per heavy atom. The molecule has 1 aromatic heterocycles. The summed E-state index contributed by atoms with van der Waals surface area (Å²) < 4.78 is 68.9. The predicted molar refractivity (Wildman–Crippen MR) is 68.9 cm³/mol. The van der Waals surface area contributed by atoms with Crippen molar-refractivity contribution in [1.82, 2.24) is 10.3 Å². The van der Waals surface area contributed by atoms with E-state index < -0.39 is 24.3 Å². The summed E-state index contributed by atoms with van der Waals surface area (Å²) in [6, 6.07) is 5.68. The van der Waals surface area contributed by atoms with Crippen LogP contribution in [0.2, 0.25) is 0 Å². The van der Waals surface area contributed by atoms with E-state index in [9.17, 15) is 26.3 Å². The number of aliphatic carboxylic acids is 2. The van der Waals surface area contributed by atoms with Gasteiger partial charge in [0.1, 0.15) is 6.10 Å². The highest BCUT2D eigenvalue weighted by molar-refractivity contribution is 5.73. The average molecular weight is 378 g/mol. The van der Waals surface area contributed by atoms with Crippen LogP contribution in [-0.4, -0.2) is 58.7 Å². The first-order chi connectivity index (χ1) is 11.3. The van der Waals surface area contributed by atoms with E-state index in [2.05, 4.69) is 10.3 Å². The van der Waals surface area contributed by atoms with Gasteiger partial charge in [0.25, 0.3) is 0 Å². The number of nitrogens with one attached hydrogen (secondary N) is 1. The third kappa shape index (κ3) is 10.8. The monoisotopic (exact) mass is 378 g/mol. The van der Waals surface area contributed by atoms with Crippen molar-refractivity contribution in [3.63, 3.8) is 0 Å². The van der Waals surface area contributed by atoms with Gasteiger partial charge in [-0.1, -0.05) is 6.07 Å². The predicted octanol–water partition coefficient (Wildman–Crippen LogP) is 1.70. The van der Waals surface area contributed by atoms with Crippen molar-refractivity contribution in [1.29, 1.82) is 0 Å². The molecule has 25 heavy (non-hydrogen) atoms. The Balaban J connectivity index is 0.000000366. The van der Waals surface area contributed by atoms with Crippen LogP contribution in [0, 0.1) is 0 Å². The second-order valence-electron chi connectivity index (χ2n) is 4.17. The summed E-state index contributed by atoms with van der Waals surface area (Å²) >= 11 is 0. The largest absolute Gasteiger partial charge is 0.490 e. The topological polar surface area (TPSA) is 109 Å². The second-order valence-corrected chi connectivity index (χ2v) is 4.17. The van der Waals surface area contributed by atoms with Crippen molar-refractivity contribution < 1.29 is 50.9 Å². The van der Waals surface area contributed by atoms with Gasteiger partial charge in [0.2, 0.25) is 5.88 Å². The van der Waals surface area contributed by atoms with Crippen molar-refractivity contribution in [2.45, 2.75) is 18.5 Å². The molecule has 1 fully saturated rings. The van der Waals surface area contributed by atoms with Gasteiger partial charge in [0.15, 0.2) is 0 Å². The van der Waals surface area contributed by atoms with Crippen LogP contribution in [0.3, 0.4) is 0 Å². The summed E-state index contributed by atoms with van der Waals surface area (Å²) in [5.41, 5.74) is 0. The van der Waals surface area contributed by atoms with Gasteiger partial charge in [-0.05, 0) is 6.07 Å². The molecule has 1 saturated heterocycles. The summed E-state index contributed by atoms with van der Waals surface area (Å²) in [6.07, 6.45) is -8.11. The minimum absolute atomic E-state index is 0.324. The Kier molecular flexibility index (Phi) is 8.67. The molecule has 142 valence electrons. The third-order valence-corrected chi connectivity index (χ3v) is 2.15. The number of nitrogens with zero attached hydrogens (tertiary/aromatic N) is 1. The normalized spacial score (nSPS) is 14.0. The fourth-order valence-corrected chi connectivity index (χ4v) is 0.933. The van der Waals surface area contributed by atoms with Crippen LogP contribution in [-0.2, 0) is 9.59 Å². The molecule has 0 unspecified atom stereocenters. The van der Waals surface area contributed by atoms with E-state index in [-0.39, 0.29) is 0 Å². The Morgan fingerprint density at radius 3 is 1.72 bits per heavy atom. The molecule has 1 aromatic rings. The van der Waals surface area contributed by atoms with E-state index in [1.807, 2.05) is 18.2 Å². The molecule has 7 nitrogen and oxygen atoms in total. The maximum absolute atomic E-state index is 10.6. The van der Waals surface area contributed by atoms with E-state index in [0.29, 0.717) is 6.10 Å². The van der Waals surface area contributed by atoms with Crippen molar-refractivity contribution in [2.24, 2.45) is 0 Å². The van der Waals surface area contributed by atoms with Crippen LogP contribution >= 0.6 is 0 Å². The van der Waals surface area contributed by atoms with Crippen LogP contribution in [0.25, 0.3) is 0 Å². The van der Waals surface area contributed by atoms with Crippen LogP contribution in [0.15, 0.2) is 24.4 Å². The number of alkyl halides is 6. The lowest BCUT2D eigenvalue weighted by Gasteiger charge is -2.26. The first-order valence-electron chi connectivity index (χ1n) is 6.22. The number of halogens is 6. The lowest BCUT2D eigenvalue weighted by atomic mass is 10.2. The van der Waals surface area contributed by atoms with Gasteiger partial charge in [-0.2, -0.15) is 26.3 Å². The van der Waals surface area contributed by atoms with Gasteiger partial charge >= 0.3 is 24.3 Å². The maximum atomic E-state index is 10.6. The van der Waals surface area contributed by atoms with Crippen molar-refractivity contribution in [3.05, 3.63) is 24.4 Å². The quantitative estimate of drug-likeness (QED) is 0.672. The summed E-state index contributed by atoms with van der Waals surface area (Å²) in [5, 5.41) is 17.4. The highest BCUT2D eigenvalue weighted by Gasteiger charge is 2.38. The second kappa shape index (κ2) is 9.66. The van der Waals surface area contributed by atoms with Crippen molar-refractivity contribution >= 4 is 11.9 Å². The number of carbonyl (C=O) groups is 2. The first-order valence-corrected chi connectivity index (χ1v) is 6.22. The Hall–Kier alpha value is -2.57.